The van der Waals surface area contributed by atoms with E-state index in [0.29, 0.717) is 0 Å². The maximum absolute atomic E-state index is 5.76. The Morgan fingerprint density at radius 1 is 1.36 bits per heavy atom. The molecule has 0 amide bonds. The molecular formula is C12H12OS. The summed E-state index contributed by atoms with van der Waals surface area (Å²) in [5.41, 5.74) is 1.38. The molecule has 1 nitrogen and oxygen atoms in total. The number of benzene rings is 1. The first-order valence-corrected chi connectivity index (χ1v) is 5.81. The number of thiophene rings is 1. The highest BCUT2D eigenvalue weighted by atomic mass is 32.1. The molecule has 2 aromatic rings. The second-order valence-electron chi connectivity index (χ2n) is 3.78. The van der Waals surface area contributed by atoms with Crippen molar-refractivity contribution in [3.05, 3.63) is 28.6 Å². The second-order valence-corrected chi connectivity index (χ2v) is 5.04. The third-order valence-electron chi connectivity index (χ3n) is 2.68. The Kier molecular flexibility index (Phi) is 1.77. The maximum Gasteiger partial charge on any atom is 0.140 e. The van der Waals surface area contributed by atoms with Crippen LogP contribution in [0.1, 0.15) is 16.9 Å². The Balaban J connectivity index is 2.33. The van der Waals surface area contributed by atoms with Crippen LogP contribution in [0.25, 0.3) is 10.1 Å². The molecule has 0 radical (unpaired) electrons. The van der Waals surface area contributed by atoms with Crippen LogP contribution in [0.3, 0.4) is 0 Å². The van der Waals surface area contributed by atoms with E-state index < -0.39 is 0 Å². The molecule has 0 aliphatic carbocycles. The fourth-order valence-corrected chi connectivity index (χ4v) is 3.07. The fraction of sp³-hybridized carbons (Fsp3) is 0.333. The summed E-state index contributed by atoms with van der Waals surface area (Å²) in [6.07, 6.45) is 2.32. The van der Waals surface area contributed by atoms with Crippen molar-refractivity contribution in [3.8, 4) is 5.75 Å². The highest BCUT2D eigenvalue weighted by molar-refractivity contribution is 7.19. The Labute approximate surface area is 87.3 Å². The van der Waals surface area contributed by atoms with Gasteiger partial charge >= 0.3 is 0 Å². The zero-order valence-electron chi connectivity index (χ0n) is 8.17. The van der Waals surface area contributed by atoms with Gasteiger partial charge in [-0.05, 0) is 36.8 Å². The third kappa shape index (κ3) is 1.14. The highest BCUT2D eigenvalue weighted by Gasteiger charge is 2.14. The van der Waals surface area contributed by atoms with Gasteiger partial charge in [-0.25, -0.2) is 0 Å². The van der Waals surface area contributed by atoms with Crippen molar-refractivity contribution in [3.63, 3.8) is 0 Å². The zero-order valence-corrected chi connectivity index (χ0v) is 8.99. The first-order chi connectivity index (χ1) is 6.84. The van der Waals surface area contributed by atoms with E-state index in [1.165, 1.54) is 26.9 Å². The van der Waals surface area contributed by atoms with E-state index in [-0.39, 0.29) is 0 Å². The molecule has 0 saturated heterocycles. The van der Waals surface area contributed by atoms with Gasteiger partial charge in [0, 0.05) is 4.88 Å². The van der Waals surface area contributed by atoms with Gasteiger partial charge in [-0.3, -0.25) is 0 Å². The molecule has 14 heavy (non-hydrogen) atoms. The van der Waals surface area contributed by atoms with Crippen molar-refractivity contribution in [2.24, 2.45) is 0 Å². The van der Waals surface area contributed by atoms with Crippen molar-refractivity contribution < 1.29 is 4.74 Å². The molecule has 0 bridgehead atoms. The van der Waals surface area contributed by atoms with Crippen LogP contribution in [-0.4, -0.2) is 6.61 Å². The summed E-state index contributed by atoms with van der Waals surface area (Å²) in [6, 6.07) is 6.66. The maximum atomic E-state index is 5.76. The van der Waals surface area contributed by atoms with Gasteiger partial charge < -0.3 is 4.74 Å². The van der Waals surface area contributed by atoms with Crippen LogP contribution in [-0.2, 0) is 6.42 Å². The topological polar surface area (TPSA) is 9.23 Å². The molecule has 1 aliphatic heterocycles. The second kappa shape index (κ2) is 2.99. The lowest BCUT2D eigenvalue weighted by Gasteiger charge is -2.17. The molecule has 2 heterocycles. The third-order valence-corrected chi connectivity index (χ3v) is 3.75. The summed E-state index contributed by atoms with van der Waals surface area (Å²) in [5.74, 6) is 1.15. The van der Waals surface area contributed by atoms with Crippen LogP contribution in [0.2, 0.25) is 0 Å². The number of hydrogen-bond acceptors (Lipinski definition) is 2. The van der Waals surface area contributed by atoms with Gasteiger partial charge in [-0.2, -0.15) is 0 Å². The summed E-state index contributed by atoms with van der Waals surface area (Å²) in [4.78, 5) is 1.36. The number of ether oxygens (including phenoxy) is 1. The number of fused-ring (bicyclic) bond motifs is 3. The molecular weight excluding hydrogens is 192 g/mol. The molecule has 0 unspecified atom stereocenters. The first-order valence-electron chi connectivity index (χ1n) is 4.99. The molecule has 0 spiro atoms. The molecule has 1 aromatic heterocycles. The van der Waals surface area contributed by atoms with Gasteiger partial charge in [0.1, 0.15) is 5.75 Å². The van der Waals surface area contributed by atoms with E-state index in [9.17, 15) is 0 Å². The van der Waals surface area contributed by atoms with E-state index in [1.54, 1.807) is 0 Å². The van der Waals surface area contributed by atoms with Crippen LogP contribution in [0, 0.1) is 6.92 Å². The lowest BCUT2D eigenvalue weighted by molar-refractivity contribution is 0.292. The molecule has 1 aliphatic rings. The molecule has 0 fully saturated rings. The Morgan fingerprint density at radius 3 is 3.21 bits per heavy atom. The minimum atomic E-state index is 0.878. The monoisotopic (exact) mass is 204 g/mol. The predicted octanol–water partition coefficient (Wildman–Crippen LogP) is 3.53. The van der Waals surface area contributed by atoms with Crippen molar-refractivity contribution in [1.82, 2.24) is 0 Å². The smallest absolute Gasteiger partial charge is 0.140 e. The first kappa shape index (κ1) is 8.30. The molecule has 2 heteroatoms. The summed E-state index contributed by atoms with van der Waals surface area (Å²) < 4.78 is 7.09. The summed E-state index contributed by atoms with van der Waals surface area (Å²) in [7, 11) is 0. The van der Waals surface area contributed by atoms with Gasteiger partial charge in [0.15, 0.2) is 0 Å². The van der Waals surface area contributed by atoms with Crippen LogP contribution in [0.15, 0.2) is 18.2 Å². The SMILES string of the molecule is Cc1cc2ccc3c(c2s1)OCCC3. The van der Waals surface area contributed by atoms with Crippen LogP contribution in [0.4, 0.5) is 0 Å². The summed E-state index contributed by atoms with van der Waals surface area (Å²) in [6.45, 7) is 3.03. The van der Waals surface area contributed by atoms with Gasteiger partial charge in [0.25, 0.3) is 0 Å². The zero-order chi connectivity index (χ0) is 9.54. The van der Waals surface area contributed by atoms with E-state index in [0.717, 1.165) is 18.8 Å². The van der Waals surface area contributed by atoms with E-state index in [2.05, 4.69) is 25.1 Å². The Hall–Kier alpha value is -1.02. The van der Waals surface area contributed by atoms with Crippen molar-refractivity contribution in [2.45, 2.75) is 19.8 Å². The lowest BCUT2D eigenvalue weighted by Crippen LogP contribution is -2.07. The van der Waals surface area contributed by atoms with Crippen LogP contribution < -0.4 is 4.74 Å². The number of aryl methyl sites for hydroxylation is 2. The highest BCUT2D eigenvalue weighted by Crippen LogP contribution is 2.38. The Bertz CT molecular complexity index is 484. The number of rotatable bonds is 0. The molecule has 0 saturated carbocycles. The average Bonchev–Trinajstić information content (AvgIpc) is 2.59. The van der Waals surface area contributed by atoms with E-state index in [1.807, 2.05) is 11.3 Å². The largest absolute Gasteiger partial charge is 0.492 e. The van der Waals surface area contributed by atoms with Crippen LogP contribution in [0.5, 0.6) is 5.75 Å². The van der Waals surface area contributed by atoms with Gasteiger partial charge in [0.2, 0.25) is 0 Å². The van der Waals surface area contributed by atoms with Gasteiger partial charge in [-0.1, -0.05) is 12.1 Å². The number of hydrogen-bond donors (Lipinski definition) is 0. The average molecular weight is 204 g/mol. The predicted molar refractivity (Wildman–Crippen MR) is 60.4 cm³/mol. The molecule has 0 N–H and O–H groups in total. The molecule has 3 rings (SSSR count). The lowest BCUT2D eigenvalue weighted by atomic mass is 10.1. The quantitative estimate of drug-likeness (QED) is 0.638. The van der Waals surface area contributed by atoms with Gasteiger partial charge in [0.05, 0.1) is 11.3 Å². The molecule has 1 aromatic carbocycles. The Morgan fingerprint density at radius 2 is 2.29 bits per heavy atom. The minimum absolute atomic E-state index is 0.878. The standard InChI is InChI=1S/C12H12OS/c1-8-7-10-5-4-9-3-2-6-13-11(9)12(10)14-8/h4-5,7H,2-3,6H2,1H3. The summed E-state index contributed by atoms with van der Waals surface area (Å²) in [5, 5.41) is 1.33. The molecule has 0 atom stereocenters. The summed E-state index contributed by atoms with van der Waals surface area (Å²) >= 11 is 1.84. The normalized spacial score (nSPS) is 15.2. The van der Waals surface area contributed by atoms with Crippen LogP contribution >= 0.6 is 11.3 Å². The molecule has 72 valence electrons. The van der Waals surface area contributed by atoms with Crippen molar-refractivity contribution in [2.75, 3.05) is 6.61 Å². The van der Waals surface area contributed by atoms with E-state index in [4.69, 9.17) is 4.74 Å². The van der Waals surface area contributed by atoms with Gasteiger partial charge in [-0.15, -0.1) is 11.3 Å². The van der Waals surface area contributed by atoms with Crippen molar-refractivity contribution in [1.29, 1.82) is 0 Å². The van der Waals surface area contributed by atoms with Crippen molar-refractivity contribution >= 4 is 21.4 Å². The minimum Gasteiger partial charge on any atom is -0.492 e. The fourth-order valence-electron chi connectivity index (χ4n) is 2.04. The van der Waals surface area contributed by atoms with E-state index >= 15 is 0 Å².